The topological polar surface area (TPSA) is 75.6 Å². The normalized spacial score (nSPS) is 20.3. The molecule has 1 aliphatic heterocycles. The molecule has 3 aromatic rings. The molecule has 0 saturated carbocycles. The van der Waals surface area contributed by atoms with Crippen molar-refractivity contribution in [3.05, 3.63) is 53.6 Å². The molecule has 1 aromatic carbocycles. The van der Waals surface area contributed by atoms with Crippen molar-refractivity contribution in [2.75, 3.05) is 5.32 Å². The summed E-state index contributed by atoms with van der Waals surface area (Å²) in [6, 6.07) is 7.92. The number of carbonyl (C=O) groups excluding carboxylic acids is 1. The SMILES string of the molecule is O=C1CCCC2=C1[C@H](c1c[nH]c3ccccc13)n1ncnc1N2. The zero-order valence-electron chi connectivity index (χ0n) is 12.4. The maximum absolute atomic E-state index is 12.6. The first-order chi connectivity index (χ1) is 11.3. The van der Waals surface area contributed by atoms with Gasteiger partial charge in [-0.25, -0.2) is 4.68 Å². The Kier molecular flexibility index (Phi) is 2.50. The van der Waals surface area contributed by atoms with E-state index in [0.717, 1.165) is 40.6 Å². The van der Waals surface area contributed by atoms with Crippen LogP contribution in [0.4, 0.5) is 5.95 Å². The van der Waals surface area contributed by atoms with Gasteiger partial charge in [0, 0.05) is 40.4 Å². The number of fused-ring (bicyclic) bond motifs is 2. The molecular formula is C17H15N5O. The second-order valence-electron chi connectivity index (χ2n) is 6.01. The first-order valence-corrected chi connectivity index (χ1v) is 7.82. The fourth-order valence-electron chi connectivity index (χ4n) is 3.70. The number of para-hydroxylation sites is 1. The summed E-state index contributed by atoms with van der Waals surface area (Å²) in [5.74, 6) is 0.906. The van der Waals surface area contributed by atoms with Crippen molar-refractivity contribution in [3.8, 4) is 0 Å². The molecule has 23 heavy (non-hydrogen) atoms. The molecule has 5 rings (SSSR count). The fourth-order valence-corrected chi connectivity index (χ4v) is 3.70. The van der Waals surface area contributed by atoms with Crippen LogP contribution in [0, 0.1) is 0 Å². The van der Waals surface area contributed by atoms with Gasteiger partial charge < -0.3 is 10.3 Å². The Hall–Kier alpha value is -2.89. The number of aromatic nitrogens is 4. The minimum Gasteiger partial charge on any atom is -0.361 e. The van der Waals surface area contributed by atoms with E-state index in [-0.39, 0.29) is 11.8 Å². The smallest absolute Gasteiger partial charge is 0.226 e. The first-order valence-electron chi connectivity index (χ1n) is 7.82. The van der Waals surface area contributed by atoms with E-state index < -0.39 is 0 Å². The maximum atomic E-state index is 12.6. The average Bonchev–Trinajstić information content (AvgIpc) is 3.19. The second-order valence-corrected chi connectivity index (χ2v) is 6.01. The summed E-state index contributed by atoms with van der Waals surface area (Å²) in [5.41, 5.74) is 3.96. The van der Waals surface area contributed by atoms with E-state index in [9.17, 15) is 4.79 Å². The Balaban J connectivity index is 1.79. The minimum atomic E-state index is -0.215. The van der Waals surface area contributed by atoms with Gasteiger partial charge in [-0.3, -0.25) is 4.79 Å². The number of allylic oxidation sites excluding steroid dienone is 2. The number of ketones is 1. The number of H-pyrrole nitrogens is 1. The Morgan fingerprint density at radius 2 is 2.13 bits per heavy atom. The van der Waals surface area contributed by atoms with Crippen molar-refractivity contribution in [1.29, 1.82) is 0 Å². The lowest BCUT2D eigenvalue weighted by molar-refractivity contribution is -0.116. The van der Waals surface area contributed by atoms with Crippen LogP contribution in [0.25, 0.3) is 10.9 Å². The van der Waals surface area contributed by atoms with Crippen LogP contribution in [0.5, 0.6) is 0 Å². The second kappa shape index (κ2) is 4.55. The van der Waals surface area contributed by atoms with Gasteiger partial charge in [0.25, 0.3) is 0 Å². The summed E-state index contributed by atoms with van der Waals surface area (Å²) in [6.07, 6.45) is 5.89. The summed E-state index contributed by atoms with van der Waals surface area (Å²) < 4.78 is 1.82. The van der Waals surface area contributed by atoms with Crippen molar-refractivity contribution in [1.82, 2.24) is 19.7 Å². The third-order valence-corrected chi connectivity index (χ3v) is 4.73. The molecule has 0 bridgehead atoms. The van der Waals surface area contributed by atoms with Crippen molar-refractivity contribution >= 4 is 22.6 Å². The zero-order chi connectivity index (χ0) is 15.4. The minimum absolute atomic E-state index is 0.204. The van der Waals surface area contributed by atoms with Gasteiger partial charge in [0.1, 0.15) is 12.4 Å². The van der Waals surface area contributed by atoms with Crippen LogP contribution in [0.3, 0.4) is 0 Å². The molecule has 1 aliphatic carbocycles. The van der Waals surface area contributed by atoms with Gasteiger partial charge >= 0.3 is 0 Å². The molecule has 1 atom stereocenters. The summed E-state index contributed by atoms with van der Waals surface area (Å²) in [4.78, 5) is 20.2. The number of carbonyl (C=O) groups is 1. The molecule has 114 valence electrons. The first kappa shape index (κ1) is 12.6. The molecule has 6 nitrogen and oxygen atoms in total. The molecule has 0 spiro atoms. The van der Waals surface area contributed by atoms with Crippen LogP contribution in [-0.2, 0) is 4.79 Å². The van der Waals surface area contributed by atoms with E-state index in [1.807, 2.05) is 29.1 Å². The Labute approximate surface area is 132 Å². The molecule has 2 aromatic heterocycles. The van der Waals surface area contributed by atoms with Crippen molar-refractivity contribution in [2.45, 2.75) is 25.3 Å². The summed E-state index contributed by atoms with van der Waals surface area (Å²) >= 11 is 0. The average molecular weight is 305 g/mol. The number of hydrogen-bond acceptors (Lipinski definition) is 4. The highest BCUT2D eigenvalue weighted by Crippen LogP contribution is 2.41. The number of rotatable bonds is 1. The van der Waals surface area contributed by atoms with Crippen LogP contribution in [-0.4, -0.2) is 25.5 Å². The number of nitrogens with zero attached hydrogens (tertiary/aromatic N) is 3. The molecule has 3 heterocycles. The molecule has 0 saturated heterocycles. The number of Topliss-reactive ketones (excluding diaryl/α,β-unsaturated/α-hetero) is 1. The molecule has 0 fully saturated rings. The highest BCUT2D eigenvalue weighted by Gasteiger charge is 2.37. The summed E-state index contributed by atoms with van der Waals surface area (Å²) in [6.45, 7) is 0. The predicted octanol–water partition coefficient (Wildman–Crippen LogP) is 2.78. The van der Waals surface area contributed by atoms with Gasteiger partial charge in [0.05, 0.1) is 0 Å². The van der Waals surface area contributed by atoms with Crippen LogP contribution >= 0.6 is 0 Å². The number of anilines is 1. The third-order valence-electron chi connectivity index (χ3n) is 4.73. The lowest BCUT2D eigenvalue weighted by Gasteiger charge is -2.31. The Morgan fingerprint density at radius 1 is 1.22 bits per heavy atom. The van der Waals surface area contributed by atoms with Gasteiger partial charge in [-0.15, -0.1) is 0 Å². The van der Waals surface area contributed by atoms with Crippen LogP contribution < -0.4 is 5.32 Å². The number of aromatic amines is 1. The van der Waals surface area contributed by atoms with Crippen LogP contribution in [0.1, 0.15) is 30.9 Å². The van der Waals surface area contributed by atoms with Gasteiger partial charge in [-0.2, -0.15) is 10.1 Å². The standard InChI is InChI=1S/C17H15N5O/c23-14-7-3-6-13-15(14)16(22-17(21-13)19-9-20-22)11-8-18-12-5-2-1-4-10(11)12/h1-2,4-5,8-9,16,18H,3,6-7H2,(H,19,20,21)/t16-/m0/s1. The number of benzene rings is 1. The lowest BCUT2D eigenvalue weighted by atomic mass is 9.85. The largest absolute Gasteiger partial charge is 0.361 e. The third kappa shape index (κ3) is 1.72. The number of nitrogens with one attached hydrogen (secondary N) is 2. The highest BCUT2D eigenvalue weighted by molar-refractivity contribution is 6.00. The fraction of sp³-hybridized carbons (Fsp3) is 0.235. The van der Waals surface area contributed by atoms with Gasteiger partial charge in [-0.1, -0.05) is 18.2 Å². The van der Waals surface area contributed by atoms with Crippen LogP contribution in [0.15, 0.2) is 48.1 Å². The maximum Gasteiger partial charge on any atom is 0.226 e. The van der Waals surface area contributed by atoms with E-state index in [1.54, 1.807) is 0 Å². The van der Waals surface area contributed by atoms with E-state index in [2.05, 4.69) is 26.4 Å². The van der Waals surface area contributed by atoms with Gasteiger partial charge in [0.15, 0.2) is 5.78 Å². The molecule has 2 N–H and O–H groups in total. The molecule has 0 unspecified atom stereocenters. The van der Waals surface area contributed by atoms with E-state index >= 15 is 0 Å². The van der Waals surface area contributed by atoms with E-state index in [0.29, 0.717) is 12.4 Å². The molecule has 0 amide bonds. The Bertz CT molecular complexity index is 964. The molecule has 6 heteroatoms. The molecule has 0 radical (unpaired) electrons. The van der Waals surface area contributed by atoms with Crippen LogP contribution in [0.2, 0.25) is 0 Å². The molecular weight excluding hydrogens is 290 g/mol. The van der Waals surface area contributed by atoms with Gasteiger partial charge in [0.2, 0.25) is 5.95 Å². The predicted molar refractivity (Wildman–Crippen MR) is 86.0 cm³/mol. The summed E-state index contributed by atoms with van der Waals surface area (Å²) in [5, 5.41) is 8.77. The molecule has 2 aliphatic rings. The Morgan fingerprint density at radius 3 is 3.09 bits per heavy atom. The summed E-state index contributed by atoms with van der Waals surface area (Å²) in [7, 11) is 0. The van der Waals surface area contributed by atoms with Crippen molar-refractivity contribution < 1.29 is 4.79 Å². The van der Waals surface area contributed by atoms with Crippen molar-refractivity contribution in [2.24, 2.45) is 0 Å². The zero-order valence-corrected chi connectivity index (χ0v) is 12.4. The van der Waals surface area contributed by atoms with E-state index in [4.69, 9.17) is 0 Å². The highest BCUT2D eigenvalue weighted by atomic mass is 16.1. The monoisotopic (exact) mass is 305 g/mol. The van der Waals surface area contributed by atoms with Crippen molar-refractivity contribution in [3.63, 3.8) is 0 Å². The quantitative estimate of drug-likeness (QED) is 0.725. The number of hydrogen-bond donors (Lipinski definition) is 2. The lowest BCUT2D eigenvalue weighted by Crippen LogP contribution is -2.31. The van der Waals surface area contributed by atoms with E-state index in [1.165, 1.54) is 6.33 Å². The van der Waals surface area contributed by atoms with Gasteiger partial charge in [-0.05, 0) is 18.9 Å².